The molecular weight excluding hydrogens is 470 g/mol. The van der Waals surface area contributed by atoms with Crippen LogP contribution < -0.4 is 14.8 Å². The summed E-state index contributed by atoms with van der Waals surface area (Å²) in [6.45, 7) is 0. The number of hydrogen-bond donors (Lipinski definition) is 2. The van der Waals surface area contributed by atoms with Gasteiger partial charge in [-0.1, -0.05) is 22.0 Å². The third-order valence-corrected chi connectivity index (χ3v) is 6.28. The minimum Gasteiger partial charge on any atom is -0.438 e. The number of rotatable bonds is 7. The summed E-state index contributed by atoms with van der Waals surface area (Å²) >= 11 is 3.29. The van der Waals surface area contributed by atoms with Crippen molar-refractivity contribution >= 4 is 37.5 Å². The maximum atomic E-state index is 12.6. The minimum atomic E-state index is -3.75. The lowest BCUT2D eigenvalue weighted by molar-refractivity contribution is 0.0948. The molecule has 1 fully saturated rings. The van der Waals surface area contributed by atoms with Crippen LogP contribution in [0.2, 0.25) is 0 Å². The number of pyridine rings is 1. The Morgan fingerprint density at radius 2 is 1.83 bits per heavy atom. The molecule has 3 aromatic rings. The molecule has 7 nitrogen and oxygen atoms in total. The van der Waals surface area contributed by atoms with Gasteiger partial charge in [0.25, 0.3) is 15.9 Å². The number of nitrogens with zero attached hydrogens (tertiary/aromatic N) is 1. The zero-order valence-corrected chi connectivity index (χ0v) is 18.1. The maximum Gasteiger partial charge on any atom is 0.261 e. The van der Waals surface area contributed by atoms with Crippen molar-refractivity contribution in [1.82, 2.24) is 10.3 Å². The number of nitrogens with one attached hydrogen (secondary N) is 2. The summed E-state index contributed by atoms with van der Waals surface area (Å²) in [6.07, 6.45) is 3.48. The van der Waals surface area contributed by atoms with Gasteiger partial charge in [-0.2, -0.15) is 0 Å². The van der Waals surface area contributed by atoms with E-state index in [1.54, 1.807) is 42.5 Å². The van der Waals surface area contributed by atoms with Gasteiger partial charge >= 0.3 is 0 Å². The van der Waals surface area contributed by atoms with E-state index in [1.807, 2.05) is 0 Å². The lowest BCUT2D eigenvalue weighted by Gasteiger charge is -2.12. The van der Waals surface area contributed by atoms with E-state index >= 15 is 0 Å². The third-order valence-electron chi connectivity index (χ3n) is 4.35. The molecule has 4 rings (SSSR count). The Morgan fingerprint density at radius 1 is 1.07 bits per heavy atom. The van der Waals surface area contributed by atoms with Crippen LogP contribution in [0.1, 0.15) is 23.2 Å². The Kier molecular flexibility index (Phi) is 5.74. The van der Waals surface area contributed by atoms with E-state index < -0.39 is 10.0 Å². The van der Waals surface area contributed by atoms with Crippen molar-refractivity contribution in [3.8, 4) is 11.6 Å². The van der Waals surface area contributed by atoms with Crippen LogP contribution in [0.3, 0.4) is 0 Å². The second kappa shape index (κ2) is 8.45. The second-order valence-corrected chi connectivity index (χ2v) is 9.39. The number of ether oxygens (including phenoxy) is 1. The van der Waals surface area contributed by atoms with Crippen LogP contribution in [-0.4, -0.2) is 25.4 Å². The Morgan fingerprint density at radius 3 is 2.57 bits per heavy atom. The summed E-state index contributed by atoms with van der Waals surface area (Å²) in [4.78, 5) is 16.7. The number of carbonyl (C=O) groups excluding carboxylic acids is 1. The molecule has 2 aromatic carbocycles. The number of halogens is 1. The maximum absolute atomic E-state index is 12.6. The molecule has 0 atom stereocenters. The Balaban J connectivity index is 1.53. The molecule has 1 amide bonds. The molecule has 0 aliphatic heterocycles. The van der Waals surface area contributed by atoms with Gasteiger partial charge in [0, 0.05) is 22.8 Å². The molecule has 1 aliphatic rings. The molecule has 0 radical (unpaired) electrons. The van der Waals surface area contributed by atoms with E-state index in [1.165, 1.54) is 24.4 Å². The number of amides is 1. The first-order valence-electron chi connectivity index (χ1n) is 9.23. The number of sulfonamides is 1. The Bertz CT molecular complexity index is 1180. The molecule has 0 unspecified atom stereocenters. The minimum absolute atomic E-state index is 0.140. The highest BCUT2D eigenvalue weighted by molar-refractivity contribution is 9.10. The molecule has 0 saturated heterocycles. The first-order chi connectivity index (χ1) is 14.4. The lowest BCUT2D eigenvalue weighted by atomic mass is 10.2. The molecule has 0 spiro atoms. The Labute approximate surface area is 182 Å². The SMILES string of the molecule is O=C(NC1CC1)c1cccnc1Oc1cccc(NS(=O)(=O)c2ccc(Br)cc2)c1. The van der Waals surface area contributed by atoms with Crippen LogP contribution in [0.4, 0.5) is 5.69 Å². The van der Waals surface area contributed by atoms with Crippen molar-refractivity contribution < 1.29 is 17.9 Å². The molecular formula is C21H18BrN3O4S. The van der Waals surface area contributed by atoms with Crippen molar-refractivity contribution in [1.29, 1.82) is 0 Å². The summed E-state index contributed by atoms with van der Waals surface area (Å²) in [5.74, 6) is 0.265. The highest BCUT2D eigenvalue weighted by Gasteiger charge is 2.25. The second-order valence-electron chi connectivity index (χ2n) is 6.79. The standard InChI is InChI=1S/C21H18BrN3O4S/c22-14-6-10-18(11-7-14)30(27,28)25-16-3-1-4-17(13-16)29-21-19(5-2-12-23-21)20(26)24-15-8-9-15/h1-7,10-13,15,25H,8-9H2,(H,24,26). The Hall–Kier alpha value is -2.91. The van der Waals surface area contributed by atoms with Crippen molar-refractivity contribution in [2.75, 3.05) is 4.72 Å². The average Bonchev–Trinajstić information content (AvgIpc) is 3.52. The quantitative estimate of drug-likeness (QED) is 0.516. The molecule has 2 N–H and O–H groups in total. The highest BCUT2D eigenvalue weighted by atomic mass is 79.9. The summed E-state index contributed by atoms with van der Waals surface area (Å²) in [5, 5.41) is 2.91. The molecule has 0 bridgehead atoms. The van der Waals surface area contributed by atoms with Gasteiger partial charge in [0.15, 0.2) is 0 Å². The average molecular weight is 488 g/mol. The van der Waals surface area contributed by atoms with Crippen LogP contribution in [0.5, 0.6) is 11.6 Å². The van der Waals surface area contributed by atoms with Gasteiger partial charge in [-0.15, -0.1) is 0 Å². The zero-order valence-electron chi connectivity index (χ0n) is 15.7. The topological polar surface area (TPSA) is 97.4 Å². The van der Waals surface area contributed by atoms with Crippen molar-refractivity contribution in [2.45, 2.75) is 23.8 Å². The molecule has 30 heavy (non-hydrogen) atoms. The number of carbonyl (C=O) groups is 1. The summed E-state index contributed by atoms with van der Waals surface area (Å²) in [6, 6.07) is 16.3. The molecule has 1 saturated carbocycles. The first-order valence-corrected chi connectivity index (χ1v) is 11.5. The third kappa shape index (κ3) is 4.98. The molecule has 9 heteroatoms. The van der Waals surface area contributed by atoms with Crippen LogP contribution in [0.15, 0.2) is 76.2 Å². The van der Waals surface area contributed by atoms with Gasteiger partial charge in [-0.05, 0) is 61.4 Å². The van der Waals surface area contributed by atoms with Gasteiger partial charge in [0.05, 0.1) is 10.6 Å². The van der Waals surface area contributed by atoms with Crippen molar-refractivity contribution in [3.63, 3.8) is 0 Å². The van der Waals surface area contributed by atoms with E-state index in [9.17, 15) is 13.2 Å². The van der Waals surface area contributed by atoms with Crippen LogP contribution >= 0.6 is 15.9 Å². The van der Waals surface area contributed by atoms with E-state index in [-0.39, 0.29) is 22.7 Å². The summed E-state index contributed by atoms with van der Waals surface area (Å²) < 4.78 is 34.3. The van der Waals surface area contributed by atoms with E-state index in [4.69, 9.17) is 4.74 Å². The van der Waals surface area contributed by atoms with E-state index in [0.29, 0.717) is 17.0 Å². The van der Waals surface area contributed by atoms with Crippen molar-refractivity contribution in [2.24, 2.45) is 0 Å². The van der Waals surface area contributed by atoms with Crippen LogP contribution in [0, 0.1) is 0 Å². The highest BCUT2D eigenvalue weighted by Crippen LogP contribution is 2.28. The fourth-order valence-electron chi connectivity index (χ4n) is 2.70. The normalized spacial score (nSPS) is 13.5. The van der Waals surface area contributed by atoms with Gasteiger partial charge in [0.1, 0.15) is 11.3 Å². The predicted molar refractivity (Wildman–Crippen MR) is 116 cm³/mol. The van der Waals surface area contributed by atoms with Gasteiger partial charge in [-0.25, -0.2) is 13.4 Å². The predicted octanol–water partition coefficient (Wildman–Crippen LogP) is 4.33. The van der Waals surface area contributed by atoms with Crippen molar-refractivity contribution in [3.05, 3.63) is 76.9 Å². The van der Waals surface area contributed by atoms with Crippen LogP contribution in [-0.2, 0) is 10.0 Å². The first kappa shape index (κ1) is 20.4. The molecule has 1 aliphatic carbocycles. The van der Waals surface area contributed by atoms with Gasteiger partial charge in [-0.3, -0.25) is 9.52 Å². The summed E-state index contributed by atoms with van der Waals surface area (Å²) in [7, 11) is -3.75. The fourth-order valence-corrected chi connectivity index (χ4v) is 4.01. The number of anilines is 1. The van der Waals surface area contributed by atoms with Crippen LogP contribution in [0.25, 0.3) is 0 Å². The molecule has 154 valence electrons. The number of benzene rings is 2. The summed E-state index contributed by atoms with van der Waals surface area (Å²) in [5.41, 5.74) is 0.653. The lowest BCUT2D eigenvalue weighted by Crippen LogP contribution is -2.25. The van der Waals surface area contributed by atoms with E-state index in [0.717, 1.165) is 17.3 Å². The largest absolute Gasteiger partial charge is 0.438 e. The van der Waals surface area contributed by atoms with Gasteiger partial charge in [0.2, 0.25) is 5.88 Å². The zero-order chi connectivity index (χ0) is 21.1. The number of aromatic nitrogens is 1. The molecule has 1 aromatic heterocycles. The monoisotopic (exact) mass is 487 g/mol. The smallest absolute Gasteiger partial charge is 0.261 e. The number of hydrogen-bond acceptors (Lipinski definition) is 5. The molecule has 1 heterocycles. The van der Waals surface area contributed by atoms with E-state index in [2.05, 4.69) is 31.0 Å². The van der Waals surface area contributed by atoms with Gasteiger partial charge < -0.3 is 10.1 Å². The fraction of sp³-hybridized carbons (Fsp3) is 0.143.